The molecule has 0 bridgehead atoms. The van der Waals surface area contributed by atoms with E-state index in [2.05, 4.69) is 14.5 Å². The van der Waals surface area contributed by atoms with E-state index in [4.69, 9.17) is 11.6 Å². The van der Waals surface area contributed by atoms with Crippen LogP contribution in [0.5, 0.6) is 0 Å². The quantitative estimate of drug-likeness (QED) is 0.774. The second kappa shape index (κ2) is 7.08. The number of fused-ring (bicyclic) bond motifs is 1. The lowest BCUT2D eigenvalue weighted by Crippen LogP contribution is -2.49. The number of hydrogen-bond acceptors (Lipinski definition) is 2. The van der Waals surface area contributed by atoms with Gasteiger partial charge in [-0.15, -0.1) is 0 Å². The first-order valence-electron chi connectivity index (χ1n) is 9.35. The van der Waals surface area contributed by atoms with Gasteiger partial charge < -0.3 is 9.47 Å². The normalized spacial score (nSPS) is 24.3. The Morgan fingerprint density at radius 1 is 1.20 bits per heavy atom. The van der Waals surface area contributed by atoms with Gasteiger partial charge in [0.15, 0.2) is 0 Å². The van der Waals surface area contributed by atoms with Gasteiger partial charge in [0.25, 0.3) is 0 Å². The van der Waals surface area contributed by atoms with Gasteiger partial charge in [-0.25, -0.2) is 9.37 Å². The van der Waals surface area contributed by atoms with E-state index >= 15 is 0 Å². The summed E-state index contributed by atoms with van der Waals surface area (Å²) in [7, 11) is 0. The summed E-state index contributed by atoms with van der Waals surface area (Å²) in [5.74, 6) is 0.996. The van der Waals surface area contributed by atoms with Gasteiger partial charge in [0, 0.05) is 25.0 Å². The van der Waals surface area contributed by atoms with Crippen molar-refractivity contribution in [3.63, 3.8) is 0 Å². The summed E-state index contributed by atoms with van der Waals surface area (Å²) in [6, 6.07) is 4.14. The Balaban J connectivity index is 1.63. The average molecular weight is 362 g/mol. The molecule has 2 fully saturated rings. The zero-order valence-corrected chi connectivity index (χ0v) is 15.5. The number of benzene rings is 1. The number of rotatable bonds is 3. The Labute approximate surface area is 153 Å². The van der Waals surface area contributed by atoms with Crippen LogP contribution in [0.25, 0.3) is 11.4 Å². The molecule has 0 unspecified atom stereocenters. The highest BCUT2D eigenvalue weighted by atomic mass is 35.5. The molecule has 1 aromatic heterocycles. The maximum absolute atomic E-state index is 14.7. The number of imidazole rings is 1. The Bertz CT molecular complexity index is 755. The lowest BCUT2D eigenvalue weighted by atomic mass is 9.83. The molecule has 2 aliphatic rings. The molecule has 25 heavy (non-hydrogen) atoms. The van der Waals surface area contributed by atoms with Gasteiger partial charge in [0.1, 0.15) is 11.6 Å². The van der Waals surface area contributed by atoms with Crippen molar-refractivity contribution in [2.75, 3.05) is 13.1 Å². The lowest BCUT2D eigenvalue weighted by molar-refractivity contribution is 0.0521. The number of hydrogen-bond donors (Lipinski definition) is 0. The predicted molar refractivity (Wildman–Crippen MR) is 99.3 cm³/mol. The van der Waals surface area contributed by atoms with Crippen molar-refractivity contribution in [1.82, 2.24) is 14.5 Å². The predicted octanol–water partition coefficient (Wildman–Crippen LogP) is 4.92. The third-order valence-electron chi connectivity index (χ3n) is 5.88. The first kappa shape index (κ1) is 17.0. The molecule has 3 heterocycles. The van der Waals surface area contributed by atoms with E-state index in [1.54, 1.807) is 25.3 Å². The van der Waals surface area contributed by atoms with E-state index in [1.165, 1.54) is 45.2 Å². The van der Waals surface area contributed by atoms with Crippen molar-refractivity contribution in [2.24, 2.45) is 5.92 Å². The number of halogens is 2. The van der Waals surface area contributed by atoms with Crippen molar-refractivity contribution < 1.29 is 4.39 Å². The molecular weight excluding hydrogens is 337 g/mol. The second-order valence-corrected chi connectivity index (χ2v) is 7.87. The van der Waals surface area contributed by atoms with E-state index in [0.29, 0.717) is 33.9 Å². The van der Waals surface area contributed by atoms with Gasteiger partial charge in [-0.1, -0.05) is 24.1 Å². The minimum atomic E-state index is -0.261. The van der Waals surface area contributed by atoms with Crippen molar-refractivity contribution in [2.45, 2.75) is 51.6 Å². The maximum Gasteiger partial charge on any atom is 0.144 e. The van der Waals surface area contributed by atoms with Gasteiger partial charge >= 0.3 is 0 Å². The Morgan fingerprint density at radius 2 is 2.04 bits per heavy atom. The van der Waals surface area contributed by atoms with Gasteiger partial charge in [-0.3, -0.25) is 0 Å². The average Bonchev–Trinajstić information content (AvgIpc) is 3.07. The molecule has 2 atom stereocenters. The van der Waals surface area contributed by atoms with E-state index in [9.17, 15) is 4.39 Å². The molecule has 0 N–H and O–H groups in total. The van der Waals surface area contributed by atoms with Gasteiger partial charge in [-0.2, -0.15) is 0 Å². The van der Waals surface area contributed by atoms with E-state index < -0.39 is 0 Å². The molecule has 0 spiro atoms. The third kappa shape index (κ3) is 3.22. The smallest absolute Gasteiger partial charge is 0.144 e. The highest BCUT2D eigenvalue weighted by molar-refractivity contribution is 6.33. The molecule has 5 heteroatoms. The summed E-state index contributed by atoms with van der Waals surface area (Å²) < 4.78 is 16.8. The monoisotopic (exact) mass is 361 g/mol. The van der Waals surface area contributed by atoms with Crippen LogP contribution in [0.3, 0.4) is 0 Å². The molecule has 2 saturated heterocycles. The fourth-order valence-corrected chi connectivity index (χ4v) is 4.82. The van der Waals surface area contributed by atoms with Crippen molar-refractivity contribution >= 4 is 11.6 Å². The van der Waals surface area contributed by atoms with Crippen LogP contribution < -0.4 is 0 Å². The molecule has 2 aliphatic heterocycles. The van der Waals surface area contributed by atoms with Crippen LogP contribution in [0.15, 0.2) is 24.5 Å². The molecule has 0 amide bonds. The van der Waals surface area contributed by atoms with Crippen LogP contribution >= 0.6 is 11.6 Å². The minimum Gasteiger partial charge on any atom is -0.331 e. The Morgan fingerprint density at radius 3 is 2.92 bits per heavy atom. The number of piperidine rings is 2. The largest absolute Gasteiger partial charge is 0.331 e. The molecule has 1 aromatic carbocycles. The molecule has 0 radical (unpaired) electrons. The first-order chi connectivity index (χ1) is 12.1. The highest BCUT2D eigenvalue weighted by Gasteiger charge is 2.33. The zero-order chi connectivity index (χ0) is 17.4. The maximum atomic E-state index is 14.7. The van der Waals surface area contributed by atoms with Crippen molar-refractivity contribution in [3.8, 4) is 11.4 Å². The van der Waals surface area contributed by atoms with Crippen molar-refractivity contribution in [1.29, 1.82) is 0 Å². The minimum absolute atomic E-state index is 0.261. The zero-order valence-electron chi connectivity index (χ0n) is 14.7. The SMILES string of the molecule is Cc1ccc(Cl)c(-c2nccn2C[C@@H]2CCCN3CCCC[C@H]23)c1F. The van der Waals surface area contributed by atoms with Gasteiger partial charge in [-0.05, 0) is 63.2 Å². The molecule has 0 aliphatic carbocycles. The highest BCUT2D eigenvalue weighted by Crippen LogP contribution is 2.35. The fourth-order valence-electron chi connectivity index (χ4n) is 4.59. The van der Waals surface area contributed by atoms with Gasteiger partial charge in [0.05, 0.1) is 10.6 Å². The Hall–Kier alpha value is -1.39. The van der Waals surface area contributed by atoms with Crippen LogP contribution in [0.1, 0.15) is 37.7 Å². The Kier molecular flexibility index (Phi) is 4.83. The molecule has 4 rings (SSSR count). The summed E-state index contributed by atoms with van der Waals surface area (Å²) in [6.07, 6.45) is 10.2. The van der Waals surface area contributed by atoms with Crippen LogP contribution in [0.2, 0.25) is 5.02 Å². The summed E-state index contributed by atoms with van der Waals surface area (Å²) in [5.41, 5.74) is 1.04. The molecular formula is C20H25ClFN3. The first-order valence-corrected chi connectivity index (χ1v) is 9.73. The summed E-state index contributed by atoms with van der Waals surface area (Å²) in [4.78, 5) is 7.10. The van der Waals surface area contributed by atoms with E-state index in [-0.39, 0.29) is 5.82 Å². The number of aromatic nitrogens is 2. The van der Waals surface area contributed by atoms with Crippen LogP contribution in [-0.4, -0.2) is 33.6 Å². The standard InChI is InChI=1S/C20H25ClFN3/c1-14-7-8-16(21)18(19(14)22)20-23-9-12-25(20)13-15-5-4-11-24-10-3-2-6-17(15)24/h7-9,12,15,17H,2-6,10-11,13H2,1H3/t15-,17+/m0/s1. The van der Waals surface area contributed by atoms with Crippen molar-refractivity contribution in [3.05, 3.63) is 40.9 Å². The van der Waals surface area contributed by atoms with E-state index in [1.807, 2.05) is 6.20 Å². The second-order valence-electron chi connectivity index (χ2n) is 7.46. The summed E-state index contributed by atoms with van der Waals surface area (Å²) in [5, 5.41) is 0.429. The molecule has 3 nitrogen and oxygen atoms in total. The van der Waals surface area contributed by atoms with Crippen LogP contribution in [0.4, 0.5) is 4.39 Å². The molecule has 134 valence electrons. The number of aryl methyl sites for hydroxylation is 1. The summed E-state index contributed by atoms with van der Waals surface area (Å²) in [6.45, 7) is 5.12. The van der Waals surface area contributed by atoms with Crippen LogP contribution in [0, 0.1) is 18.7 Å². The molecule has 2 aromatic rings. The van der Waals surface area contributed by atoms with Crippen LogP contribution in [-0.2, 0) is 6.54 Å². The number of nitrogens with zero attached hydrogens (tertiary/aromatic N) is 3. The topological polar surface area (TPSA) is 21.1 Å². The fraction of sp³-hybridized carbons (Fsp3) is 0.550. The van der Waals surface area contributed by atoms with E-state index in [0.717, 1.165) is 6.54 Å². The third-order valence-corrected chi connectivity index (χ3v) is 6.20. The summed E-state index contributed by atoms with van der Waals surface area (Å²) >= 11 is 6.32. The lowest BCUT2D eigenvalue weighted by Gasteiger charge is -2.44. The van der Waals surface area contributed by atoms with Gasteiger partial charge in [0.2, 0.25) is 0 Å². The molecule has 0 saturated carbocycles.